The Morgan fingerprint density at radius 1 is 1.14 bits per heavy atom. The Morgan fingerprint density at radius 3 is 2.10 bits per heavy atom. The van der Waals surface area contributed by atoms with Crippen molar-refractivity contribution in [2.45, 2.75) is 25.9 Å². The fourth-order valence-corrected chi connectivity index (χ4v) is 1.62. The fraction of sp³-hybridized carbons (Fsp3) is 0.357. The first kappa shape index (κ1) is 16.6. The van der Waals surface area contributed by atoms with Crippen molar-refractivity contribution in [3.8, 4) is 0 Å². The SMILES string of the molecule is COC(C)CCC(=O)Nc1cc(C(=O)O)cc(C(=O)O)c1. The van der Waals surface area contributed by atoms with Gasteiger partial charge in [-0.15, -0.1) is 0 Å². The first-order valence-electron chi connectivity index (χ1n) is 6.27. The number of amides is 1. The van der Waals surface area contributed by atoms with Crippen molar-refractivity contribution in [3.63, 3.8) is 0 Å². The molecule has 0 saturated heterocycles. The van der Waals surface area contributed by atoms with Gasteiger partial charge < -0.3 is 20.3 Å². The largest absolute Gasteiger partial charge is 0.478 e. The number of hydrogen-bond donors (Lipinski definition) is 3. The van der Waals surface area contributed by atoms with Gasteiger partial charge in [-0.3, -0.25) is 4.79 Å². The highest BCUT2D eigenvalue weighted by molar-refractivity contribution is 5.98. The van der Waals surface area contributed by atoms with Crippen molar-refractivity contribution in [2.75, 3.05) is 12.4 Å². The number of methoxy groups -OCH3 is 1. The molecule has 1 amide bonds. The molecule has 7 heteroatoms. The number of carbonyl (C=O) groups excluding carboxylic acids is 1. The van der Waals surface area contributed by atoms with Crippen molar-refractivity contribution in [2.24, 2.45) is 0 Å². The van der Waals surface area contributed by atoms with Crippen molar-refractivity contribution >= 4 is 23.5 Å². The Kier molecular flexibility index (Phi) is 5.86. The normalized spacial score (nSPS) is 11.7. The van der Waals surface area contributed by atoms with Crippen LogP contribution in [0.15, 0.2) is 18.2 Å². The Labute approximate surface area is 121 Å². The Bertz CT molecular complexity index is 522. The fourth-order valence-electron chi connectivity index (χ4n) is 1.62. The van der Waals surface area contributed by atoms with Gasteiger partial charge in [-0.1, -0.05) is 0 Å². The van der Waals surface area contributed by atoms with Crippen molar-refractivity contribution in [1.29, 1.82) is 0 Å². The van der Waals surface area contributed by atoms with Crippen LogP contribution in [0.1, 0.15) is 40.5 Å². The maximum atomic E-state index is 11.7. The molecule has 0 spiro atoms. The number of nitrogens with one attached hydrogen (secondary N) is 1. The molecule has 0 fully saturated rings. The van der Waals surface area contributed by atoms with Crippen molar-refractivity contribution < 1.29 is 29.3 Å². The minimum Gasteiger partial charge on any atom is -0.478 e. The van der Waals surface area contributed by atoms with Crippen molar-refractivity contribution in [1.82, 2.24) is 0 Å². The molecule has 1 atom stereocenters. The zero-order valence-corrected chi connectivity index (χ0v) is 11.8. The van der Waals surface area contributed by atoms with E-state index in [1.807, 2.05) is 6.92 Å². The van der Waals surface area contributed by atoms with Gasteiger partial charge in [0, 0.05) is 19.2 Å². The summed E-state index contributed by atoms with van der Waals surface area (Å²) in [5.74, 6) is -2.86. The number of rotatable bonds is 7. The second-order valence-electron chi connectivity index (χ2n) is 4.54. The molecule has 0 aliphatic rings. The van der Waals surface area contributed by atoms with E-state index in [1.165, 1.54) is 19.2 Å². The van der Waals surface area contributed by atoms with E-state index in [0.29, 0.717) is 6.42 Å². The van der Waals surface area contributed by atoms with E-state index in [4.69, 9.17) is 14.9 Å². The predicted molar refractivity (Wildman–Crippen MR) is 74.7 cm³/mol. The molecule has 114 valence electrons. The summed E-state index contributed by atoms with van der Waals surface area (Å²) in [7, 11) is 1.54. The molecular formula is C14H17NO6. The summed E-state index contributed by atoms with van der Waals surface area (Å²) in [6.45, 7) is 1.82. The molecule has 0 aliphatic heterocycles. The molecule has 0 radical (unpaired) electrons. The highest BCUT2D eigenvalue weighted by Gasteiger charge is 2.13. The maximum Gasteiger partial charge on any atom is 0.335 e. The molecule has 3 N–H and O–H groups in total. The number of carboxylic acids is 2. The lowest BCUT2D eigenvalue weighted by Gasteiger charge is -2.10. The van der Waals surface area contributed by atoms with Gasteiger partial charge in [0.15, 0.2) is 0 Å². The van der Waals surface area contributed by atoms with Crippen molar-refractivity contribution in [3.05, 3.63) is 29.3 Å². The smallest absolute Gasteiger partial charge is 0.335 e. The summed E-state index contributed by atoms with van der Waals surface area (Å²) in [6, 6.07) is 3.46. The van der Waals surface area contributed by atoms with E-state index in [-0.39, 0.29) is 35.2 Å². The molecular weight excluding hydrogens is 278 g/mol. The van der Waals surface area contributed by atoms with Crippen LogP contribution in [0.3, 0.4) is 0 Å². The van der Waals surface area contributed by atoms with E-state index >= 15 is 0 Å². The lowest BCUT2D eigenvalue weighted by molar-refractivity contribution is -0.116. The molecule has 0 heterocycles. The average Bonchev–Trinajstić information content (AvgIpc) is 2.44. The summed E-state index contributed by atoms with van der Waals surface area (Å²) in [5.41, 5.74) is -0.256. The van der Waals surface area contributed by atoms with Crippen LogP contribution in [0.2, 0.25) is 0 Å². The number of hydrogen-bond acceptors (Lipinski definition) is 4. The number of aromatic carboxylic acids is 2. The number of carboxylic acid groups (broad SMARTS) is 2. The van der Waals surface area contributed by atoms with E-state index in [0.717, 1.165) is 6.07 Å². The molecule has 0 saturated carbocycles. The first-order valence-corrected chi connectivity index (χ1v) is 6.27. The van der Waals surface area contributed by atoms with Gasteiger partial charge in [0.25, 0.3) is 0 Å². The third-order valence-electron chi connectivity index (χ3n) is 2.89. The van der Waals surface area contributed by atoms with Gasteiger partial charge >= 0.3 is 11.9 Å². The molecule has 1 aromatic carbocycles. The van der Waals surface area contributed by atoms with Crippen LogP contribution >= 0.6 is 0 Å². The second-order valence-corrected chi connectivity index (χ2v) is 4.54. The van der Waals surface area contributed by atoms with Crippen LogP contribution in [-0.2, 0) is 9.53 Å². The predicted octanol–water partition coefficient (Wildman–Crippen LogP) is 1.84. The van der Waals surface area contributed by atoms with Gasteiger partial charge in [-0.05, 0) is 31.5 Å². The van der Waals surface area contributed by atoms with E-state index in [2.05, 4.69) is 5.32 Å². The van der Waals surface area contributed by atoms with Gasteiger partial charge in [-0.25, -0.2) is 9.59 Å². The summed E-state index contributed by atoms with van der Waals surface area (Å²) in [6.07, 6.45) is 0.622. The number of benzene rings is 1. The summed E-state index contributed by atoms with van der Waals surface area (Å²) in [5, 5.41) is 20.4. The molecule has 1 aromatic rings. The lowest BCUT2D eigenvalue weighted by atomic mass is 10.1. The molecule has 1 unspecified atom stereocenters. The zero-order chi connectivity index (χ0) is 16.0. The van der Waals surface area contributed by atoms with Crippen LogP contribution in [-0.4, -0.2) is 41.3 Å². The van der Waals surface area contributed by atoms with Crippen LogP contribution in [0.4, 0.5) is 5.69 Å². The number of anilines is 1. The van der Waals surface area contributed by atoms with Crippen LogP contribution in [0, 0.1) is 0 Å². The van der Waals surface area contributed by atoms with E-state index in [9.17, 15) is 14.4 Å². The summed E-state index contributed by atoms with van der Waals surface area (Å²) < 4.78 is 5.02. The highest BCUT2D eigenvalue weighted by Crippen LogP contribution is 2.16. The monoisotopic (exact) mass is 295 g/mol. The van der Waals surface area contributed by atoms with E-state index < -0.39 is 11.9 Å². The van der Waals surface area contributed by atoms with E-state index in [1.54, 1.807) is 0 Å². The van der Waals surface area contributed by atoms with Crippen LogP contribution < -0.4 is 5.32 Å². The second kappa shape index (κ2) is 7.39. The van der Waals surface area contributed by atoms with Gasteiger partial charge in [0.05, 0.1) is 17.2 Å². The zero-order valence-electron chi connectivity index (χ0n) is 11.8. The number of ether oxygens (including phenoxy) is 1. The van der Waals surface area contributed by atoms with Crippen LogP contribution in [0.5, 0.6) is 0 Å². The molecule has 0 aliphatic carbocycles. The number of carbonyl (C=O) groups is 3. The molecule has 21 heavy (non-hydrogen) atoms. The first-order chi connectivity index (χ1) is 9.83. The Hall–Kier alpha value is -2.41. The molecule has 0 aromatic heterocycles. The molecule has 1 rings (SSSR count). The molecule has 7 nitrogen and oxygen atoms in total. The lowest BCUT2D eigenvalue weighted by Crippen LogP contribution is -2.16. The maximum absolute atomic E-state index is 11.7. The van der Waals surface area contributed by atoms with Gasteiger partial charge in [-0.2, -0.15) is 0 Å². The summed E-state index contributed by atoms with van der Waals surface area (Å²) >= 11 is 0. The third-order valence-corrected chi connectivity index (χ3v) is 2.89. The Balaban J connectivity index is 2.84. The van der Waals surface area contributed by atoms with Gasteiger partial charge in [0.2, 0.25) is 5.91 Å². The average molecular weight is 295 g/mol. The topological polar surface area (TPSA) is 113 Å². The minimum atomic E-state index is -1.26. The van der Waals surface area contributed by atoms with Crippen LogP contribution in [0.25, 0.3) is 0 Å². The highest BCUT2D eigenvalue weighted by atomic mass is 16.5. The third kappa shape index (κ3) is 5.23. The van der Waals surface area contributed by atoms with Gasteiger partial charge in [0.1, 0.15) is 0 Å². The quantitative estimate of drug-likeness (QED) is 0.707. The Morgan fingerprint density at radius 2 is 1.67 bits per heavy atom. The standard InChI is InChI=1S/C14H17NO6/c1-8(21-2)3-4-12(16)15-11-6-9(13(17)18)5-10(7-11)14(19)20/h5-8H,3-4H2,1-2H3,(H,15,16)(H,17,18)(H,19,20). The molecule has 0 bridgehead atoms. The summed E-state index contributed by atoms with van der Waals surface area (Å²) in [4.78, 5) is 33.6. The minimum absolute atomic E-state index is 0.0734.